The molecule has 3 N–H and O–H groups in total. The first-order chi connectivity index (χ1) is 10.1. The molecule has 1 rings (SSSR count). The van der Waals surface area contributed by atoms with Crippen LogP contribution in [-0.2, 0) is 14.3 Å². The minimum atomic E-state index is -0.642. The second kappa shape index (κ2) is 7.06. The first-order valence-electron chi connectivity index (χ1n) is 6.97. The van der Waals surface area contributed by atoms with E-state index in [2.05, 4.69) is 5.32 Å². The van der Waals surface area contributed by atoms with Gasteiger partial charge in [-0.3, -0.25) is 9.59 Å². The standard InChI is InChI=1S/C16H22N2O4/c1-10(19)18-9-13(14(17)20)11-5-7-12(8-6-11)15(21)22-16(2,3)4/h5-8,13H,9H2,1-4H3,(H2,17,20)(H,18,19). The van der Waals surface area contributed by atoms with Crippen LogP contribution in [0.15, 0.2) is 24.3 Å². The SMILES string of the molecule is CC(=O)NCC(C(N)=O)c1ccc(C(=O)OC(C)(C)C)cc1. The lowest BCUT2D eigenvalue weighted by Crippen LogP contribution is -2.33. The number of carbonyl (C=O) groups excluding carboxylic acids is 3. The van der Waals surface area contributed by atoms with E-state index in [9.17, 15) is 14.4 Å². The number of esters is 1. The Balaban J connectivity index is 2.87. The number of hydrogen-bond donors (Lipinski definition) is 2. The number of rotatable bonds is 5. The Kier molecular flexibility index (Phi) is 5.68. The van der Waals surface area contributed by atoms with E-state index in [4.69, 9.17) is 10.5 Å². The van der Waals surface area contributed by atoms with Crippen molar-refractivity contribution in [3.63, 3.8) is 0 Å². The van der Waals surface area contributed by atoms with Crippen LogP contribution >= 0.6 is 0 Å². The van der Waals surface area contributed by atoms with Crippen molar-refractivity contribution in [1.29, 1.82) is 0 Å². The third kappa shape index (κ3) is 5.55. The van der Waals surface area contributed by atoms with Crippen LogP contribution in [-0.4, -0.2) is 29.9 Å². The molecule has 120 valence electrons. The van der Waals surface area contributed by atoms with Crippen molar-refractivity contribution >= 4 is 17.8 Å². The molecule has 1 atom stereocenters. The molecule has 0 bridgehead atoms. The number of carbonyl (C=O) groups is 3. The van der Waals surface area contributed by atoms with Crippen LogP contribution in [0.25, 0.3) is 0 Å². The van der Waals surface area contributed by atoms with Gasteiger partial charge in [-0.2, -0.15) is 0 Å². The number of benzene rings is 1. The number of nitrogens with one attached hydrogen (secondary N) is 1. The maximum Gasteiger partial charge on any atom is 0.338 e. The highest BCUT2D eigenvalue weighted by Crippen LogP contribution is 2.18. The normalized spacial score (nSPS) is 12.4. The third-order valence-corrected chi connectivity index (χ3v) is 2.85. The molecule has 0 spiro atoms. The number of hydrogen-bond acceptors (Lipinski definition) is 4. The zero-order chi connectivity index (χ0) is 16.9. The smallest absolute Gasteiger partial charge is 0.338 e. The first-order valence-corrected chi connectivity index (χ1v) is 6.97. The van der Waals surface area contributed by atoms with Crippen molar-refractivity contribution in [2.75, 3.05) is 6.54 Å². The fraction of sp³-hybridized carbons (Fsp3) is 0.438. The Hall–Kier alpha value is -2.37. The minimum Gasteiger partial charge on any atom is -0.456 e. The fourth-order valence-electron chi connectivity index (χ4n) is 1.82. The topological polar surface area (TPSA) is 98.5 Å². The molecule has 1 aromatic carbocycles. The van der Waals surface area contributed by atoms with Crippen molar-refractivity contribution < 1.29 is 19.1 Å². The molecule has 22 heavy (non-hydrogen) atoms. The van der Waals surface area contributed by atoms with Crippen molar-refractivity contribution in [1.82, 2.24) is 5.32 Å². The van der Waals surface area contributed by atoms with Gasteiger partial charge in [0.25, 0.3) is 0 Å². The van der Waals surface area contributed by atoms with E-state index >= 15 is 0 Å². The lowest BCUT2D eigenvalue weighted by molar-refractivity contribution is -0.120. The zero-order valence-electron chi connectivity index (χ0n) is 13.3. The van der Waals surface area contributed by atoms with Gasteiger partial charge in [-0.05, 0) is 38.5 Å². The molecule has 0 fully saturated rings. The molecule has 0 saturated carbocycles. The van der Waals surface area contributed by atoms with E-state index in [1.165, 1.54) is 6.92 Å². The van der Waals surface area contributed by atoms with Crippen LogP contribution in [0.1, 0.15) is 49.5 Å². The molecule has 6 nitrogen and oxygen atoms in total. The molecule has 0 heterocycles. The summed E-state index contributed by atoms with van der Waals surface area (Å²) in [6.45, 7) is 6.85. The number of amides is 2. The van der Waals surface area contributed by atoms with E-state index in [1.807, 2.05) is 0 Å². The Labute approximate surface area is 130 Å². The van der Waals surface area contributed by atoms with E-state index in [0.717, 1.165) is 0 Å². The summed E-state index contributed by atoms with van der Waals surface area (Å²) in [7, 11) is 0. The predicted octanol–water partition coefficient (Wildman–Crippen LogP) is 1.35. The molecule has 0 radical (unpaired) electrons. The van der Waals surface area contributed by atoms with Gasteiger partial charge in [0.05, 0.1) is 11.5 Å². The van der Waals surface area contributed by atoms with Gasteiger partial charge in [0, 0.05) is 13.5 Å². The van der Waals surface area contributed by atoms with Crippen LogP contribution in [0, 0.1) is 0 Å². The molecule has 0 aromatic heterocycles. The average Bonchev–Trinajstić information content (AvgIpc) is 2.36. The van der Waals surface area contributed by atoms with Crippen molar-refractivity contribution in [3.05, 3.63) is 35.4 Å². The molecular formula is C16H22N2O4. The van der Waals surface area contributed by atoms with Crippen LogP contribution in [0.2, 0.25) is 0 Å². The summed E-state index contributed by atoms with van der Waals surface area (Å²) in [4.78, 5) is 34.4. The molecular weight excluding hydrogens is 284 g/mol. The summed E-state index contributed by atoms with van der Waals surface area (Å²) in [6, 6.07) is 6.42. The summed E-state index contributed by atoms with van der Waals surface area (Å²) >= 11 is 0. The minimum absolute atomic E-state index is 0.121. The van der Waals surface area contributed by atoms with Gasteiger partial charge in [-0.15, -0.1) is 0 Å². The van der Waals surface area contributed by atoms with Crippen LogP contribution in [0.4, 0.5) is 0 Å². The Bertz CT molecular complexity index is 559. The Morgan fingerprint density at radius 1 is 1.18 bits per heavy atom. The Morgan fingerprint density at radius 3 is 2.14 bits per heavy atom. The first kappa shape index (κ1) is 17.7. The molecule has 1 unspecified atom stereocenters. The van der Waals surface area contributed by atoms with Gasteiger partial charge in [0.2, 0.25) is 11.8 Å². The van der Waals surface area contributed by atoms with E-state index < -0.39 is 23.4 Å². The van der Waals surface area contributed by atoms with Crippen molar-refractivity contribution in [3.8, 4) is 0 Å². The molecule has 0 aliphatic rings. The molecule has 1 aromatic rings. The number of nitrogens with two attached hydrogens (primary N) is 1. The number of ether oxygens (including phenoxy) is 1. The Morgan fingerprint density at radius 2 is 1.73 bits per heavy atom. The molecule has 0 saturated heterocycles. The summed E-state index contributed by atoms with van der Waals surface area (Å²) in [5.74, 6) is -1.86. The molecule has 0 aliphatic carbocycles. The van der Waals surface area contributed by atoms with E-state index in [-0.39, 0.29) is 12.5 Å². The lowest BCUT2D eigenvalue weighted by Gasteiger charge is -2.20. The second-order valence-corrected chi connectivity index (χ2v) is 6.02. The molecule has 2 amide bonds. The van der Waals surface area contributed by atoms with E-state index in [0.29, 0.717) is 11.1 Å². The van der Waals surface area contributed by atoms with Gasteiger partial charge in [0.1, 0.15) is 5.60 Å². The summed E-state index contributed by atoms with van der Waals surface area (Å²) in [6.07, 6.45) is 0. The van der Waals surface area contributed by atoms with Gasteiger partial charge in [0.15, 0.2) is 0 Å². The monoisotopic (exact) mass is 306 g/mol. The molecule has 0 aliphatic heterocycles. The van der Waals surface area contributed by atoms with Gasteiger partial charge in [-0.25, -0.2) is 4.79 Å². The highest BCUT2D eigenvalue weighted by Gasteiger charge is 2.20. The zero-order valence-corrected chi connectivity index (χ0v) is 13.3. The van der Waals surface area contributed by atoms with Crippen molar-refractivity contribution in [2.45, 2.75) is 39.2 Å². The molecule has 6 heteroatoms. The predicted molar refractivity (Wildman–Crippen MR) is 82.2 cm³/mol. The van der Waals surface area contributed by atoms with Gasteiger partial charge in [-0.1, -0.05) is 12.1 Å². The van der Waals surface area contributed by atoms with Crippen LogP contribution in [0.3, 0.4) is 0 Å². The lowest BCUT2D eigenvalue weighted by atomic mass is 9.97. The van der Waals surface area contributed by atoms with Gasteiger partial charge < -0.3 is 15.8 Å². The van der Waals surface area contributed by atoms with Crippen LogP contribution in [0.5, 0.6) is 0 Å². The van der Waals surface area contributed by atoms with Gasteiger partial charge >= 0.3 is 5.97 Å². The fourth-order valence-corrected chi connectivity index (χ4v) is 1.82. The highest BCUT2D eigenvalue weighted by atomic mass is 16.6. The highest BCUT2D eigenvalue weighted by molar-refractivity contribution is 5.90. The summed E-state index contributed by atoms with van der Waals surface area (Å²) in [5.41, 5.74) is 5.80. The maximum absolute atomic E-state index is 11.9. The maximum atomic E-state index is 11.9. The third-order valence-electron chi connectivity index (χ3n) is 2.85. The summed E-state index contributed by atoms with van der Waals surface area (Å²) < 4.78 is 5.26. The largest absolute Gasteiger partial charge is 0.456 e. The number of primary amides is 1. The second-order valence-electron chi connectivity index (χ2n) is 6.02. The van der Waals surface area contributed by atoms with Crippen molar-refractivity contribution in [2.24, 2.45) is 5.73 Å². The van der Waals surface area contributed by atoms with Crippen LogP contribution < -0.4 is 11.1 Å². The quantitative estimate of drug-likeness (QED) is 0.802. The van der Waals surface area contributed by atoms with E-state index in [1.54, 1.807) is 45.0 Å². The summed E-state index contributed by atoms with van der Waals surface area (Å²) in [5, 5.41) is 2.56. The average molecular weight is 306 g/mol.